The first-order chi connectivity index (χ1) is 9.86. The lowest BCUT2D eigenvalue weighted by molar-refractivity contribution is -0.136. The van der Waals surface area contributed by atoms with Crippen molar-refractivity contribution in [3.63, 3.8) is 0 Å². The number of aromatic nitrogens is 2. The molecule has 0 radical (unpaired) electrons. The number of hydrogen-bond acceptors (Lipinski definition) is 4. The van der Waals surface area contributed by atoms with Gasteiger partial charge in [0.15, 0.2) is 0 Å². The van der Waals surface area contributed by atoms with Gasteiger partial charge >= 0.3 is 11.8 Å². The molecular formula is C14H24N4O3. The maximum Gasteiger partial charge on any atom is 0.313 e. The van der Waals surface area contributed by atoms with Crippen molar-refractivity contribution in [2.45, 2.75) is 40.7 Å². The van der Waals surface area contributed by atoms with Crippen LogP contribution in [0.25, 0.3) is 0 Å². The number of carbonyl (C=O) groups is 2. The van der Waals surface area contributed by atoms with Gasteiger partial charge in [-0.2, -0.15) is 5.10 Å². The van der Waals surface area contributed by atoms with Crippen LogP contribution >= 0.6 is 0 Å². The van der Waals surface area contributed by atoms with E-state index in [-0.39, 0.29) is 13.2 Å². The highest BCUT2D eigenvalue weighted by Crippen LogP contribution is 2.20. The molecule has 3 N–H and O–H groups in total. The third-order valence-corrected chi connectivity index (χ3v) is 2.98. The number of aliphatic hydroxyl groups excluding tert-OH is 1. The number of nitrogens with zero attached hydrogens (tertiary/aromatic N) is 2. The fourth-order valence-corrected chi connectivity index (χ4v) is 1.93. The van der Waals surface area contributed by atoms with Gasteiger partial charge in [-0.15, -0.1) is 0 Å². The Kier molecular flexibility index (Phi) is 6.36. The van der Waals surface area contributed by atoms with E-state index in [0.29, 0.717) is 23.7 Å². The zero-order chi connectivity index (χ0) is 16.0. The third-order valence-electron chi connectivity index (χ3n) is 2.98. The molecule has 0 aliphatic rings. The van der Waals surface area contributed by atoms with E-state index in [9.17, 15) is 9.59 Å². The van der Waals surface area contributed by atoms with E-state index >= 15 is 0 Å². The number of carbonyl (C=O) groups excluding carboxylic acids is 2. The number of hydrogen-bond donors (Lipinski definition) is 3. The highest BCUT2D eigenvalue weighted by atomic mass is 16.3. The monoisotopic (exact) mass is 296 g/mol. The van der Waals surface area contributed by atoms with Gasteiger partial charge in [0.25, 0.3) is 0 Å². The summed E-state index contributed by atoms with van der Waals surface area (Å²) in [5.41, 5.74) is 2.10. The smallest absolute Gasteiger partial charge is 0.313 e. The molecule has 0 fully saturated rings. The van der Waals surface area contributed by atoms with Gasteiger partial charge < -0.3 is 15.7 Å². The number of anilines is 1. The number of nitrogens with one attached hydrogen (secondary N) is 2. The summed E-state index contributed by atoms with van der Waals surface area (Å²) in [4.78, 5) is 23.4. The van der Waals surface area contributed by atoms with Crippen LogP contribution in [0.1, 0.15) is 31.7 Å². The Morgan fingerprint density at radius 3 is 2.52 bits per heavy atom. The molecule has 0 aliphatic carbocycles. The second kappa shape index (κ2) is 7.78. The molecule has 1 aromatic heterocycles. The molecule has 0 unspecified atom stereocenters. The van der Waals surface area contributed by atoms with Gasteiger partial charge in [0.05, 0.1) is 17.1 Å². The Labute approximate surface area is 124 Å². The molecule has 118 valence electrons. The molecule has 1 heterocycles. The lowest BCUT2D eigenvalue weighted by atomic mass is 10.2. The van der Waals surface area contributed by atoms with Crippen LogP contribution in [0.15, 0.2) is 0 Å². The van der Waals surface area contributed by atoms with Crippen LogP contribution in [-0.2, 0) is 16.1 Å². The van der Waals surface area contributed by atoms with E-state index in [4.69, 9.17) is 5.11 Å². The molecule has 0 spiro atoms. The van der Waals surface area contributed by atoms with Crippen LogP contribution in [0.2, 0.25) is 0 Å². The van der Waals surface area contributed by atoms with Crippen LogP contribution < -0.4 is 10.6 Å². The normalized spacial score (nSPS) is 10.8. The average Bonchev–Trinajstić information content (AvgIpc) is 2.65. The predicted molar refractivity (Wildman–Crippen MR) is 79.9 cm³/mol. The first-order valence-electron chi connectivity index (χ1n) is 7.10. The SMILES string of the molecule is Cc1nn(CC(C)C)c(C)c1NC(=O)C(=O)NCCCO. The Balaban J connectivity index is 2.72. The summed E-state index contributed by atoms with van der Waals surface area (Å²) in [6.07, 6.45) is 0.420. The zero-order valence-electron chi connectivity index (χ0n) is 13.1. The van der Waals surface area contributed by atoms with Crippen molar-refractivity contribution >= 4 is 17.5 Å². The maximum absolute atomic E-state index is 11.8. The summed E-state index contributed by atoms with van der Waals surface area (Å²) in [6.45, 7) is 8.83. The summed E-state index contributed by atoms with van der Waals surface area (Å²) >= 11 is 0. The quantitative estimate of drug-likeness (QED) is 0.529. The van der Waals surface area contributed by atoms with Gasteiger partial charge in [-0.05, 0) is 26.2 Å². The molecule has 21 heavy (non-hydrogen) atoms. The highest BCUT2D eigenvalue weighted by molar-refractivity contribution is 6.39. The van der Waals surface area contributed by atoms with Crippen LogP contribution in [0.5, 0.6) is 0 Å². The van der Waals surface area contributed by atoms with Crippen molar-refractivity contribution in [2.24, 2.45) is 5.92 Å². The fourth-order valence-electron chi connectivity index (χ4n) is 1.93. The molecule has 0 saturated carbocycles. The standard InChI is InChI=1S/C14H24N4O3/c1-9(2)8-18-11(4)12(10(3)17-18)16-14(21)13(20)15-6-5-7-19/h9,19H,5-8H2,1-4H3,(H,15,20)(H,16,21). The molecule has 1 aromatic rings. The molecule has 0 aromatic carbocycles. The molecular weight excluding hydrogens is 272 g/mol. The summed E-state index contributed by atoms with van der Waals surface area (Å²) in [5, 5.41) is 18.1. The van der Waals surface area contributed by atoms with E-state index in [1.807, 2.05) is 11.6 Å². The van der Waals surface area contributed by atoms with E-state index < -0.39 is 11.8 Å². The van der Waals surface area contributed by atoms with Crippen molar-refractivity contribution in [1.82, 2.24) is 15.1 Å². The lowest BCUT2D eigenvalue weighted by Gasteiger charge is -2.09. The topological polar surface area (TPSA) is 96.2 Å². The molecule has 0 saturated heterocycles. The van der Waals surface area contributed by atoms with E-state index in [0.717, 1.165) is 12.2 Å². The van der Waals surface area contributed by atoms with Crippen molar-refractivity contribution in [2.75, 3.05) is 18.5 Å². The van der Waals surface area contributed by atoms with E-state index in [1.165, 1.54) is 0 Å². The van der Waals surface area contributed by atoms with Crippen LogP contribution in [-0.4, -0.2) is 39.9 Å². The Hall–Kier alpha value is -1.89. The molecule has 7 nitrogen and oxygen atoms in total. The lowest BCUT2D eigenvalue weighted by Crippen LogP contribution is -2.36. The number of aryl methyl sites for hydroxylation is 1. The van der Waals surface area contributed by atoms with Gasteiger partial charge in [0.1, 0.15) is 0 Å². The summed E-state index contributed by atoms with van der Waals surface area (Å²) in [6, 6.07) is 0. The molecule has 2 amide bonds. The maximum atomic E-state index is 11.8. The minimum atomic E-state index is -0.719. The average molecular weight is 296 g/mol. The largest absolute Gasteiger partial charge is 0.396 e. The molecule has 0 atom stereocenters. The Morgan fingerprint density at radius 2 is 1.95 bits per heavy atom. The highest BCUT2D eigenvalue weighted by Gasteiger charge is 2.18. The fraction of sp³-hybridized carbons (Fsp3) is 0.643. The van der Waals surface area contributed by atoms with Crippen molar-refractivity contribution in [1.29, 1.82) is 0 Å². The van der Waals surface area contributed by atoms with Crippen molar-refractivity contribution in [3.8, 4) is 0 Å². The predicted octanol–water partition coefficient (Wildman–Crippen LogP) is 0.593. The van der Waals surface area contributed by atoms with Crippen LogP contribution in [0.3, 0.4) is 0 Å². The van der Waals surface area contributed by atoms with Gasteiger partial charge in [-0.1, -0.05) is 13.8 Å². The molecule has 7 heteroatoms. The first-order valence-corrected chi connectivity index (χ1v) is 7.10. The van der Waals surface area contributed by atoms with Crippen molar-refractivity contribution in [3.05, 3.63) is 11.4 Å². The minimum absolute atomic E-state index is 0.0257. The van der Waals surface area contributed by atoms with Gasteiger partial charge in [-0.3, -0.25) is 14.3 Å². The second-order valence-corrected chi connectivity index (χ2v) is 5.41. The Morgan fingerprint density at radius 1 is 1.29 bits per heavy atom. The molecule has 1 rings (SSSR count). The van der Waals surface area contributed by atoms with E-state index in [2.05, 4.69) is 29.6 Å². The second-order valence-electron chi connectivity index (χ2n) is 5.41. The summed E-state index contributed by atoms with van der Waals surface area (Å²) in [5.74, 6) is -0.990. The Bertz CT molecular complexity index is 509. The van der Waals surface area contributed by atoms with Crippen molar-refractivity contribution < 1.29 is 14.7 Å². The van der Waals surface area contributed by atoms with Gasteiger partial charge in [0.2, 0.25) is 0 Å². The third kappa shape index (κ3) is 4.86. The number of rotatable bonds is 6. The summed E-state index contributed by atoms with van der Waals surface area (Å²) < 4.78 is 1.83. The van der Waals surface area contributed by atoms with Gasteiger partial charge in [0, 0.05) is 19.7 Å². The van der Waals surface area contributed by atoms with Gasteiger partial charge in [-0.25, -0.2) is 0 Å². The van der Waals surface area contributed by atoms with E-state index in [1.54, 1.807) is 6.92 Å². The molecule has 0 bridgehead atoms. The first kappa shape index (κ1) is 17.2. The minimum Gasteiger partial charge on any atom is -0.396 e. The summed E-state index contributed by atoms with van der Waals surface area (Å²) in [7, 11) is 0. The van der Waals surface area contributed by atoms with Crippen LogP contribution in [0, 0.1) is 19.8 Å². The number of aliphatic hydroxyl groups is 1. The zero-order valence-corrected chi connectivity index (χ0v) is 13.1. The van der Waals surface area contributed by atoms with Crippen LogP contribution in [0.4, 0.5) is 5.69 Å². The number of amides is 2. The molecule has 0 aliphatic heterocycles.